The summed E-state index contributed by atoms with van der Waals surface area (Å²) in [6, 6.07) is 8.16. The topological polar surface area (TPSA) is 44.8 Å². The normalized spacial score (nSPS) is 14.8. The molecule has 5 heteroatoms. The summed E-state index contributed by atoms with van der Waals surface area (Å²) in [4.78, 5) is 16.0. The average Bonchev–Trinajstić information content (AvgIpc) is 2.59. The van der Waals surface area contributed by atoms with E-state index in [0.29, 0.717) is 6.54 Å². The quantitative estimate of drug-likeness (QED) is 0.636. The molecule has 1 N–H and O–H groups in total. The summed E-state index contributed by atoms with van der Waals surface area (Å²) in [5.74, 6) is 5.83. The summed E-state index contributed by atoms with van der Waals surface area (Å²) in [5.41, 5.74) is 1.17. The molecule has 5 nitrogen and oxygen atoms in total. The number of piperazine rings is 1. The Morgan fingerprint density at radius 3 is 2.70 bits per heavy atom. The summed E-state index contributed by atoms with van der Waals surface area (Å²) in [6.07, 6.45) is 0.950. The monoisotopic (exact) mass is 315 g/mol. The van der Waals surface area contributed by atoms with Gasteiger partial charge >= 0.3 is 0 Å². The number of nitrogens with zero attached hydrogens (tertiary/aromatic N) is 2. The van der Waals surface area contributed by atoms with Gasteiger partial charge in [0.05, 0.1) is 12.8 Å². The Labute approximate surface area is 138 Å². The highest BCUT2D eigenvalue weighted by Gasteiger charge is 2.18. The van der Waals surface area contributed by atoms with Gasteiger partial charge in [-0.05, 0) is 37.9 Å². The zero-order valence-electron chi connectivity index (χ0n) is 14.0. The lowest BCUT2D eigenvalue weighted by molar-refractivity contribution is -0.115. The molecule has 0 unspecified atom stereocenters. The fourth-order valence-corrected chi connectivity index (χ4v) is 2.77. The van der Waals surface area contributed by atoms with E-state index < -0.39 is 0 Å². The lowest BCUT2D eigenvalue weighted by atomic mass is 10.2. The van der Waals surface area contributed by atoms with Crippen LogP contribution < -0.4 is 15.0 Å². The first-order valence-corrected chi connectivity index (χ1v) is 8.05. The van der Waals surface area contributed by atoms with Gasteiger partial charge < -0.3 is 15.0 Å². The molecule has 0 radical (unpaired) electrons. The molecule has 1 fully saturated rings. The molecule has 23 heavy (non-hydrogen) atoms. The van der Waals surface area contributed by atoms with Gasteiger partial charge in [0.15, 0.2) is 0 Å². The second-order valence-corrected chi connectivity index (χ2v) is 5.48. The fourth-order valence-electron chi connectivity index (χ4n) is 2.77. The van der Waals surface area contributed by atoms with Crippen LogP contribution >= 0.6 is 0 Å². The third-order valence-electron chi connectivity index (χ3n) is 3.97. The van der Waals surface area contributed by atoms with Gasteiger partial charge in [-0.1, -0.05) is 18.1 Å². The Balaban J connectivity index is 1.71. The molecule has 1 aliphatic rings. The van der Waals surface area contributed by atoms with Crippen molar-refractivity contribution in [2.45, 2.75) is 13.3 Å². The molecule has 124 valence electrons. The maximum atomic E-state index is 11.2. The van der Waals surface area contributed by atoms with E-state index in [2.05, 4.69) is 33.0 Å². The van der Waals surface area contributed by atoms with Crippen molar-refractivity contribution in [2.75, 3.05) is 51.3 Å². The number of para-hydroxylation sites is 2. The van der Waals surface area contributed by atoms with Crippen LogP contribution in [0.1, 0.15) is 13.3 Å². The number of hydrogen-bond acceptors (Lipinski definition) is 4. The first-order chi connectivity index (χ1) is 11.2. The van der Waals surface area contributed by atoms with Crippen molar-refractivity contribution in [1.29, 1.82) is 0 Å². The summed E-state index contributed by atoms with van der Waals surface area (Å²) in [7, 11) is 1.71. The van der Waals surface area contributed by atoms with Crippen molar-refractivity contribution in [2.24, 2.45) is 0 Å². The minimum atomic E-state index is -0.187. The second kappa shape index (κ2) is 9.06. The van der Waals surface area contributed by atoms with Gasteiger partial charge in [0.1, 0.15) is 5.75 Å². The lowest BCUT2D eigenvalue weighted by Gasteiger charge is -2.36. The third-order valence-corrected chi connectivity index (χ3v) is 3.97. The van der Waals surface area contributed by atoms with Crippen molar-refractivity contribution >= 4 is 11.6 Å². The molecule has 0 spiro atoms. The summed E-state index contributed by atoms with van der Waals surface area (Å²) >= 11 is 0. The number of amides is 1. The Morgan fingerprint density at radius 2 is 2.00 bits per heavy atom. The summed E-state index contributed by atoms with van der Waals surface area (Å²) < 4.78 is 5.44. The molecule has 1 aliphatic heterocycles. The van der Waals surface area contributed by atoms with Crippen molar-refractivity contribution < 1.29 is 9.53 Å². The van der Waals surface area contributed by atoms with Gasteiger partial charge in [0, 0.05) is 32.7 Å². The molecule has 0 atom stereocenters. The number of nitrogens with one attached hydrogen (secondary N) is 1. The number of carbonyl (C=O) groups is 1. The SMILES string of the molecule is CC#CC(=O)NCCCN1CCN(c2ccccc2OC)CC1. The number of carbonyl (C=O) groups excluding carboxylic acids is 1. The van der Waals surface area contributed by atoms with Gasteiger partial charge in [-0.3, -0.25) is 9.69 Å². The van der Waals surface area contributed by atoms with E-state index in [1.807, 2.05) is 18.2 Å². The predicted molar refractivity (Wildman–Crippen MR) is 92.7 cm³/mol. The van der Waals surface area contributed by atoms with Gasteiger partial charge in [-0.2, -0.15) is 0 Å². The van der Waals surface area contributed by atoms with Crippen LogP contribution in [0.2, 0.25) is 0 Å². The van der Waals surface area contributed by atoms with Crippen LogP contribution in [0.25, 0.3) is 0 Å². The fraction of sp³-hybridized carbons (Fsp3) is 0.500. The van der Waals surface area contributed by atoms with Crippen LogP contribution in [0.3, 0.4) is 0 Å². The number of methoxy groups -OCH3 is 1. The van der Waals surface area contributed by atoms with Crippen molar-refractivity contribution in [1.82, 2.24) is 10.2 Å². The largest absolute Gasteiger partial charge is 0.495 e. The molecule has 1 amide bonds. The number of ether oxygens (including phenoxy) is 1. The molecule has 0 saturated carbocycles. The third kappa shape index (κ3) is 5.19. The highest BCUT2D eigenvalue weighted by Crippen LogP contribution is 2.28. The molecule has 1 heterocycles. The van der Waals surface area contributed by atoms with E-state index >= 15 is 0 Å². The number of hydrogen-bond donors (Lipinski definition) is 1. The minimum absolute atomic E-state index is 0.187. The molecule has 1 aromatic rings. The first-order valence-electron chi connectivity index (χ1n) is 8.05. The summed E-state index contributed by atoms with van der Waals surface area (Å²) in [5, 5.41) is 2.81. The predicted octanol–water partition coefficient (Wildman–Crippen LogP) is 1.35. The van der Waals surface area contributed by atoms with E-state index in [4.69, 9.17) is 4.74 Å². The van der Waals surface area contributed by atoms with E-state index in [-0.39, 0.29) is 5.91 Å². The Bertz CT molecular complexity index is 569. The molecule has 1 saturated heterocycles. The number of anilines is 1. The molecule has 0 aromatic heterocycles. The zero-order valence-corrected chi connectivity index (χ0v) is 14.0. The van der Waals surface area contributed by atoms with Crippen molar-refractivity contribution in [3.8, 4) is 17.6 Å². The second-order valence-electron chi connectivity index (χ2n) is 5.48. The molecule has 0 bridgehead atoms. The van der Waals surface area contributed by atoms with Crippen molar-refractivity contribution in [3.63, 3.8) is 0 Å². The highest BCUT2D eigenvalue weighted by atomic mass is 16.5. The Hall–Kier alpha value is -2.19. The highest BCUT2D eigenvalue weighted by molar-refractivity contribution is 5.93. The molecular formula is C18H25N3O2. The van der Waals surface area contributed by atoms with Crippen LogP contribution in [0.15, 0.2) is 24.3 Å². The maximum Gasteiger partial charge on any atom is 0.295 e. The maximum absolute atomic E-state index is 11.2. The molecule has 1 aromatic carbocycles. The standard InChI is InChI=1S/C18H25N3O2/c1-3-7-18(22)19-10-6-11-20-12-14-21(15-13-20)16-8-4-5-9-17(16)23-2/h4-5,8-9H,6,10-15H2,1-2H3,(H,19,22). The molecular weight excluding hydrogens is 290 g/mol. The van der Waals surface area contributed by atoms with E-state index in [1.54, 1.807) is 14.0 Å². The average molecular weight is 315 g/mol. The zero-order chi connectivity index (χ0) is 16.5. The number of rotatable bonds is 6. The minimum Gasteiger partial charge on any atom is -0.495 e. The van der Waals surface area contributed by atoms with E-state index in [9.17, 15) is 4.79 Å². The van der Waals surface area contributed by atoms with E-state index in [0.717, 1.165) is 44.9 Å². The van der Waals surface area contributed by atoms with Crippen LogP contribution in [0.4, 0.5) is 5.69 Å². The van der Waals surface area contributed by atoms with Crippen LogP contribution in [0, 0.1) is 11.8 Å². The van der Waals surface area contributed by atoms with Crippen LogP contribution in [-0.2, 0) is 4.79 Å². The molecule has 2 rings (SSSR count). The van der Waals surface area contributed by atoms with E-state index in [1.165, 1.54) is 5.69 Å². The van der Waals surface area contributed by atoms with Gasteiger partial charge in [-0.15, -0.1) is 0 Å². The lowest BCUT2D eigenvalue weighted by Crippen LogP contribution is -2.47. The smallest absolute Gasteiger partial charge is 0.295 e. The Kier molecular flexibility index (Phi) is 6.76. The van der Waals surface area contributed by atoms with Crippen LogP contribution in [-0.4, -0.2) is 57.2 Å². The van der Waals surface area contributed by atoms with Gasteiger partial charge in [-0.25, -0.2) is 0 Å². The Morgan fingerprint density at radius 1 is 1.26 bits per heavy atom. The molecule has 0 aliphatic carbocycles. The van der Waals surface area contributed by atoms with Gasteiger partial charge in [0.2, 0.25) is 0 Å². The first kappa shape index (κ1) is 17.2. The van der Waals surface area contributed by atoms with Crippen molar-refractivity contribution in [3.05, 3.63) is 24.3 Å². The summed E-state index contributed by atoms with van der Waals surface area (Å²) in [6.45, 7) is 7.39. The van der Waals surface area contributed by atoms with Gasteiger partial charge in [0.25, 0.3) is 5.91 Å². The number of benzene rings is 1. The van der Waals surface area contributed by atoms with Crippen LogP contribution in [0.5, 0.6) is 5.75 Å².